The molecule has 4 N–H and O–H groups in total. The number of H-pyrrole nitrogens is 2. The van der Waals surface area contributed by atoms with Gasteiger partial charge in [-0.25, -0.2) is 4.98 Å². The molecule has 0 fully saturated rings. The van der Waals surface area contributed by atoms with Crippen LogP contribution in [0.2, 0.25) is 0 Å². The summed E-state index contributed by atoms with van der Waals surface area (Å²) in [4.78, 5) is 38.7. The zero-order valence-electron chi connectivity index (χ0n) is 21.9. The maximum atomic E-state index is 13.4. The number of thiophene rings is 1. The summed E-state index contributed by atoms with van der Waals surface area (Å²) in [6.07, 6.45) is 6.61. The number of nitrogens with zero attached hydrogens (tertiary/aromatic N) is 2. The van der Waals surface area contributed by atoms with Crippen LogP contribution in [0.3, 0.4) is 0 Å². The van der Waals surface area contributed by atoms with Gasteiger partial charge in [0, 0.05) is 63.9 Å². The number of anilines is 2. The lowest BCUT2D eigenvalue weighted by Crippen LogP contribution is -2.28. The third-order valence-corrected chi connectivity index (χ3v) is 9.07. The van der Waals surface area contributed by atoms with Gasteiger partial charge in [-0.05, 0) is 47.7 Å². The van der Waals surface area contributed by atoms with Crippen LogP contribution < -0.4 is 10.2 Å². The molecule has 8 nitrogen and oxygen atoms in total. The first-order valence-electron chi connectivity index (χ1n) is 13.1. The van der Waals surface area contributed by atoms with Crippen LogP contribution >= 0.6 is 22.9 Å². The molecule has 1 aliphatic heterocycles. The smallest absolute Gasteiger partial charge is 0.272 e. The van der Waals surface area contributed by atoms with E-state index in [9.17, 15) is 14.7 Å². The largest absolute Gasteiger partial charge is 0.506 e. The standard InChI is InChI=1S/C31H24ClN5O3S/c1-16-15-41-29-25(38)10-24-28(27(16)29)19(11-32)14-37(24)26(39)7-6-18-12-33-30-21(18)9-20(13-34-30)35-31(40)23-8-17-4-2-3-5-22(17)36-23/h2-10,12-13,15,19,36,38H,11,14H2,1H3,(H,33,34)(H,35,40)/t19-/m0/s1. The number of alkyl halides is 1. The molecular weight excluding hydrogens is 558 g/mol. The Morgan fingerprint density at radius 1 is 1.27 bits per heavy atom. The highest BCUT2D eigenvalue weighted by atomic mass is 35.5. The Bertz CT molecular complexity index is 2010. The lowest BCUT2D eigenvalue weighted by molar-refractivity contribution is -0.114. The molecule has 1 atom stereocenters. The number of nitrogens with one attached hydrogen (secondary N) is 3. The molecule has 0 bridgehead atoms. The summed E-state index contributed by atoms with van der Waals surface area (Å²) in [6.45, 7) is 2.45. The van der Waals surface area contributed by atoms with E-state index < -0.39 is 0 Å². The summed E-state index contributed by atoms with van der Waals surface area (Å²) in [5.74, 6) is 0.0252. The highest BCUT2D eigenvalue weighted by Gasteiger charge is 2.34. The molecule has 2 aromatic carbocycles. The van der Waals surface area contributed by atoms with Crippen molar-refractivity contribution >= 4 is 84.2 Å². The Kier molecular flexibility index (Phi) is 6.06. The summed E-state index contributed by atoms with van der Waals surface area (Å²) in [5, 5.41) is 18.3. The molecular formula is C31H24ClN5O3S. The van der Waals surface area contributed by atoms with Gasteiger partial charge in [0.2, 0.25) is 0 Å². The van der Waals surface area contributed by atoms with Gasteiger partial charge in [-0.15, -0.1) is 22.9 Å². The van der Waals surface area contributed by atoms with Crippen molar-refractivity contribution in [3.8, 4) is 5.75 Å². The number of rotatable bonds is 5. The zero-order chi connectivity index (χ0) is 28.2. The second-order valence-electron chi connectivity index (χ2n) is 10.2. The van der Waals surface area contributed by atoms with Gasteiger partial charge >= 0.3 is 0 Å². The van der Waals surface area contributed by atoms with Crippen molar-refractivity contribution in [3.05, 3.63) is 88.7 Å². The first kappa shape index (κ1) is 25.4. The minimum absolute atomic E-state index is 0.0267. The molecule has 0 radical (unpaired) electrons. The van der Waals surface area contributed by atoms with Gasteiger partial charge in [0.05, 0.1) is 22.3 Å². The molecule has 6 aromatic rings. The molecule has 2 amide bonds. The number of hydrogen-bond acceptors (Lipinski definition) is 5. The highest BCUT2D eigenvalue weighted by molar-refractivity contribution is 7.17. The number of phenolic OH excluding ortho intramolecular Hbond substituents is 1. The van der Waals surface area contributed by atoms with Crippen LogP contribution in [0.15, 0.2) is 66.3 Å². The number of hydrogen-bond donors (Lipinski definition) is 4. The lowest BCUT2D eigenvalue weighted by Gasteiger charge is -2.16. The van der Waals surface area contributed by atoms with E-state index in [-0.39, 0.29) is 23.5 Å². The fraction of sp³-hybridized carbons (Fsp3) is 0.129. The molecule has 41 heavy (non-hydrogen) atoms. The van der Waals surface area contributed by atoms with E-state index in [1.165, 1.54) is 17.4 Å². The highest BCUT2D eigenvalue weighted by Crippen LogP contribution is 2.48. The fourth-order valence-corrected chi connectivity index (χ4v) is 6.86. The van der Waals surface area contributed by atoms with Crippen LogP contribution in [0, 0.1) is 6.92 Å². The number of carbonyl (C=O) groups excluding carboxylic acids is 2. The molecule has 0 spiro atoms. The summed E-state index contributed by atoms with van der Waals surface area (Å²) >= 11 is 7.84. The first-order valence-corrected chi connectivity index (χ1v) is 14.5. The van der Waals surface area contributed by atoms with E-state index in [4.69, 9.17) is 11.6 Å². The summed E-state index contributed by atoms with van der Waals surface area (Å²) in [7, 11) is 0. The Hall–Kier alpha value is -4.60. The van der Waals surface area contributed by atoms with Gasteiger partial charge in [-0.2, -0.15) is 0 Å². The molecule has 0 unspecified atom stereocenters. The first-order chi connectivity index (χ1) is 19.9. The van der Waals surface area contributed by atoms with E-state index >= 15 is 0 Å². The predicted octanol–water partition coefficient (Wildman–Crippen LogP) is 6.91. The Balaban J connectivity index is 1.15. The van der Waals surface area contributed by atoms with Gasteiger partial charge in [0.1, 0.15) is 17.1 Å². The number of phenols is 1. The van der Waals surface area contributed by atoms with Crippen molar-refractivity contribution in [1.82, 2.24) is 15.0 Å². The van der Waals surface area contributed by atoms with Gasteiger partial charge in [-0.1, -0.05) is 18.2 Å². The molecule has 5 heterocycles. The molecule has 10 heteroatoms. The van der Waals surface area contributed by atoms with Crippen molar-refractivity contribution in [2.24, 2.45) is 0 Å². The van der Waals surface area contributed by atoms with E-state index in [1.807, 2.05) is 48.7 Å². The van der Waals surface area contributed by atoms with Crippen LogP contribution in [0.1, 0.15) is 33.1 Å². The number of aromatic amines is 2. The number of halogens is 1. The van der Waals surface area contributed by atoms with Crippen LogP contribution in [0.25, 0.3) is 38.1 Å². The average molecular weight is 582 g/mol. The molecule has 204 valence electrons. The van der Waals surface area contributed by atoms with Gasteiger partial charge in [-0.3, -0.25) is 9.59 Å². The van der Waals surface area contributed by atoms with Crippen LogP contribution in [0.5, 0.6) is 5.75 Å². The van der Waals surface area contributed by atoms with Gasteiger partial charge in [0.15, 0.2) is 0 Å². The monoisotopic (exact) mass is 581 g/mol. The Morgan fingerprint density at radius 2 is 2.12 bits per heavy atom. The number of para-hydroxylation sites is 1. The minimum Gasteiger partial charge on any atom is -0.506 e. The number of amides is 2. The number of aryl methyl sites for hydroxylation is 1. The molecule has 0 aliphatic carbocycles. The fourth-order valence-electron chi connectivity index (χ4n) is 5.62. The third kappa shape index (κ3) is 4.25. The number of aromatic hydroxyl groups is 1. The van der Waals surface area contributed by atoms with Gasteiger partial charge in [0.25, 0.3) is 11.8 Å². The lowest BCUT2D eigenvalue weighted by atomic mass is 9.97. The Labute approximate surface area is 243 Å². The number of pyridine rings is 1. The van der Waals surface area contributed by atoms with Crippen molar-refractivity contribution in [3.63, 3.8) is 0 Å². The normalized spacial score (nSPS) is 15.0. The number of benzene rings is 2. The number of carbonyl (C=O) groups is 2. The minimum atomic E-state index is -0.273. The van der Waals surface area contributed by atoms with E-state index in [0.29, 0.717) is 35.1 Å². The van der Waals surface area contributed by atoms with Crippen molar-refractivity contribution in [2.45, 2.75) is 12.8 Å². The number of aromatic nitrogens is 3. The molecule has 7 rings (SSSR count). The SMILES string of the molecule is Cc1csc2c(O)cc3c(c12)[C@@H](CCl)CN3C(=O)C=Cc1c[nH]c2ncc(NC(=O)c3cc4ccccc4[nH]3)cc12. The third-order valence-electron chi connectivity index (χ3n) is 7.58. The van der Waals surface area contributed by atoms with E-state index in [2.05, 4.69) is 20.3 Å². The van der Waals surface area contributed by atoms with Crippen LogP contribution in [0.4, 0.5) is 11.4 Å². The topological polar surface area (TPSA) is 114 Å². The maximum absolute atomic E-state index is 13.4. The van der Waals surface area contributed by atoms with E-state index in [0.717, 1.165) is 43.1 Å². The van der Waals surface area contributed by atoms with E-state index in [1.54, 1.807) is 29.4 Å². The summed E-state index contributed by atoms with van der Waals surface area (Å²) < 4.78 is 0.819. The molecule has 0 saturated carbocycles. The predicted molar refractivity (Wildman–Crippen MR) is 165 cm³/mol. The second-order valence-corrected chi connectivity index (χ2v) is 11.4. The zero-order valence-corrected chi connectivity index (χ0v) is 23.4. The summed E-state index contributed by atoms with van der Waals surface area (Å²) in [6, 6.07) is 13.0. The van der Waals surface area contributed by atoms with Crippen molar-refractivity contribution in [2.75, 3.05) is 22.6 Å². The second kappa shape index (κ2) is 9.79. The van der Waals surface area contributed by atoms with Crippen molar-refractivity contribution in [1.29, 1.82) is 0 Å². The molecule has 1 aliphatic rings. The summed E-state index contributed by atoms with van der Waals surface area (Å²) in [5.41, 5.74) is 6.03. The van der Waals surface area contributed by atoms with Crippen LogP contribution in [-0.2, 0) is 4.79 Å². The maximum Gasteiger partial charge on any atom is 0.272 e. The molecule has 0 saturated heterocycles. The molecule has 4 aromatic heterocycles. The average Bonchev–Trinajstić information content (AvgIpc) is 3.75. The van der Waals surface area contributed by atoms with Gasteiger partial charge < -0.3 is 25.3 Å². The quantitative estimate of drug-likeness (QED) is 0.131. The Morgan fingerprint density at radius 3 is 2.95 bits per heavy atom. The van der Waals surface area contributed by atoms with Crippen LogP contribution in [-0.4, -0.2) is 44.3 Å². The number of fused-ring (bicyclic) bond motifs is 5. The van der Waals surface area contributed by atoms with Crippen molar-refractivity contribution < 1.29 is 14.7 Å².